The lowest BCUT2D eigenvalue weighted by Crippen LogP contribution is -2.42. The molecule has 188 valence electrons. The fourth-order valence-corrected chi connectivity index (χ4v) is 4.63. The standard InChI is InChI=1S/C27H29ClN4O4/c1-34-22-4-2-3-19(15-22)16-25-29-24-9-10-32(26(33)18-36-21-7-5-20(28)6-8-21)17-23(24)27(30-25)31-11-13-35-14-12-31/h2-8,15H,9-14,16-18H2,1H3. The zero-order valence-corrected chi connectivity index (χ0v) is 21.0. The molecule has 3 heterocycles. The molecular weight excluding hydrogens is 480 g/mol. The van der Waals surface area contributed by atoms with Crippen LogP contribution in [0.1, 0.15) is 22.6 Å². The Morgan fingerprint density at radius 3 is 2.64 bits per heavy atom. The van der Waals surface area contributed by atoms with E-state index in [-0.39, 0.29) is 12.5 Å². The number of carbonyl (C=O) groups excluding carboxylic acids is 1. The Bertz CT molecular complexity index is 1210. The molecule has 5 rings (SSSR count). The van der Waals surface area contributed by atoms with Crippen molar-refractivity contribution in [2.45, 2.75) is 19.4 Å². The molecular formula is C27H29ClN4O4. The molecule has 8 nitrogen and oxygen atoms in total. The highest BCUT2D eigenvalue weighted by Crippen LogP contribution is 2.28. The first-order valence-electron chi connectivity index (χ1n) is 12.1. The van der Waals surface area contributed by atoms with Gasteiger partial charge in [-0.3, -0.25) is 4.79 Å². The number of anilines is 1. The maximum atomic E-state index is 13.0. The monoisotopic (exact) mass is 508 g/mol. The second-order valence-corrected chi connectivity index (χ2v) is 9.26. The normalized spacial score (nSPS) is 15.4. The molecule has 0 aliphatic carbocycles. The Hall–Kier alpha value is -3.36. The van der Waals surface area contributed by atoms with E-state index in [4.69, 9.17) is 35.8 Å². The van der Waals surface area contributed by atoms with E-state index in [9.17, 15) is 4.79 Å². The van der Waals surface area contributed by atoms with Gasteiger partial charge in [0.2, 0.25) is 0 Å². The molecule has 0 unspecified atom stereocenters. The van der Waals surface area contributed by atoms with Crippen LogP contribution in [0.4, 0.5) is 5.82 Å². The van der Waals surface area contributed by atoms with E-state index in [1.54, 1.807) is 31.4 Å². The van der Waals surface area contributed by atoms with Gasteiger partial charge in [0.05, 0.1) is 32.6 Å². The molecule has 0 saturated carbocycles. The number of aromatic nitrogens is 2. The van der Waals surface area contributed by atoms with Gasteiger partial charge in [0, 0.05) is 43.1 Å². The zero-order chi connectivity index (χ0) is 24.9. The van der Waals surface area contributed by atoms with E-state index in [1.807, 2.05) is 23.1 Å². The fourth-order valence-electron chi connectivity index (χ4n) is 4.51. The van der Waals surface area contributed by atoms with Crippen LogP contribution in [-0.4, -0.2) is 67.3 Å². The van der Waals surface area contributed by atoms with Gasteiger partial charge in [-0.15, -0.1) is 0 Å². The molecule has 36 heavy (non-hydrogen) atoms. The maximum absolute atomic E-state index is 13.0. The minimum Gasteiger partial charge on any atom is -0.497 e. The van der Waals surface area contributed by atoms with Gasteiger partial charge in [-0.1, -0.05) is 23.7 Å². The van der Waals surface area contributed by atoms with Crippen molar-refractivity contribution < 1.29 is 19.0 Å². The summed E-state index contributed by atoms with van der Waals surface area (Å²) in [4.78, 5) is 27.0. The largest absolute Gasteiger partial charge is 0.497 e. The number of benzene rings is 2. The van der Waals surface area contributed by atoms with Crippen LogP contribution in [0.25, 0.3) is 0 Å². The number of methoxy groups -OCH3 is 1. The van der Waals surface area contributed by atoms with E-state index in [2.05, 4.69) is 11.0 Å². The van der Waals surface area contributed by atoms with Gasteiger partial charge in [0.25, 0.3) is 5.91 Å². The van der Waals surface area contributed by atoms with E-state index >= 15 is 0 Å². The van der Waals surface area contributed by atoms with E-state index in [1.165, 1.54) is 0 Å². The molecule has 1 amide bonds. The van der Waals surface area contributed by atoms with Crippen molar-refractivity contribution in [1.29, 1.82) is 0 Å². The lowest BCUT2D eigenvalue weighted by Gasteiger charge is -2.34. The Morgan fingerprint density at radius 2 is 1.86 bits per heavy atom. The average Bonchev–Trinajstić information content (AvgIpc) is 2.92. The topological polar surface area (TPSA) is 77.0 Å². The van der Waals surface area contributed by atoms with Gasteiger partial charge in [-0.25, -0.2) is 9.97 Å². The summed E-state index contributed by atoms with van der Waals surface area (Å²) in [5.74, 6) is 3.04. The number of nitrogens with zero attached hydrogens (tertiary/aromatic N) is 4. The van der Waals surface area contributed by atoms with Crippen LogP contribution in [0, 0.1) is 0 Å². The van der Waals surface area contributed by atoms with Crippen molar-refractivity contribution in [3.05, 3.63) is 76.2 Å². The smallest absolute Gasteiger partial charge is 0.260 e. The number of halogens is 1. The predicted molar refractivity (Wildman–Crippen MR) is 137 cm³/mol. The third-order valence-electron chi connectivity index (χ3n) is 6.42. The Labute approximate surface area is 215 Å². The van der Waals surface area contributed by atoms with Gasteiger partial charge >= 0.3 is 0 Å². The molecule has 2 aromatic carbocycles. The van der Waals surface area contributed by atoms with Gasteiger partial charge in [0.1, 0.15) is 23.1 Å². The van der Waals surface area contributed by atoms with Crippen LogP contribution < -0.4 is 14.4 Å². The van der Waals surface area contributed by atoms with Crippen LogP contribution >= 0.6 is 11.6 Å². The van der Waals surface area contributed by atoms with Crippen molar-refractivity contribution in [3.63, 3.8) is 0 Å². The van der Waals surface area contributed by atoms with Crippen molar-refractivity contribution in [1.82, 2.24) is 14.9 Å². The summed E-state index contributed by atoms with van der Waals surface area (Å²) < 4.78 is 16.6. The van der Waals surface area contributed by atoms with Crippen LogP contribution in [-0.2, 0) is 28.9 Å². The highest BCUT2D eigenvalue weighted by molar-refractivity contribution is 6.30. The number of morpholine rings is 1. The Morgan fingerprint density at radius 1 is 1.06 bits per heavy atom. The maximum Gasteiger partial charge on any atom is 0.260 e. The van der Waals surface area contributed by atoms with Crippen LogP contribution in [0.5, 0.6) is 11.5 Å². The van der Waals surface area contributed by atoms with Gasteiger partial charge < -0.3 is 24.0 Å². The molecule has 1 fully saturated rings. The number of rotatable bonds is 7. The first-order chi connectivity index (χ1) is 17.6. The van der Waals surface area contributed by atoms with Crippen molar-refractivity contribution in [2.75, 3.05) is 51.5 Å². The predicted octanol–water partition coefficient (Wildman–Crippen LogP) is 3.53. The molecule has 1 saturated heterocycles. The lowest BCUT2D eigenvalue weighted by molar-refractivity contribution is -0.134. The van der Waals surface area contributed by atoms with Crippen LogP contribution in [0.3, 0.4) is 0 Å². The highest BCUT2D eigenvalue weighted by Gasteiger charge is 2.28. The summed E-state index contributed by atoms with van der Waals surface area (Å²) >= 11 is 5.93. The molecule has 0 N–H and O–H groups in total. The second kappa shape index (κ2) is 11.1. The van der Waals surface area contributed by atoms with E-state index in [0.29, 0.717) is 49.9 Å². The molecule has 9 heteroatoms. The summed E-state index contributed by atoms with van der Waals surface area (Å²) in [6.45, 7) is 3.85. The number of amides is 1. The molecule has 2 aliphatic heterocycles. The Balaban J connectivity index is 1.36. The van der Waals surface area contributed by atoms with Crippen molar-refractivity contribution in [2.24, 2.45) is 0 Å². The Kier molecular flexibility index (Phi) is 7.53. The summed E-state index contributed by atoms with van der Waals surface area (Å²) in [5, 5.41) is 0.628. The summed E-state index contributed by atoms with van der Waals surface area (Å²) in [7, 11) is 1.67. The first kappa shape index (κ1) is 24.3. The van der Waals surface area contributed by atoms with Crippen molar-refractivity contribution >= 4 is 23.3 Å². The summed E-state index contributed by atoms with van der Waals surface area (Å²) in [5.41, 5.74) is 3.11. The molecule has 0 atom stereocenters. The summed E-state index contributed by atoms with van der Waals surface area (Å²) in [6, 6.07) is 15.0. The molecule has 0 bridgehead atoms. The number of hydrogen-bond donors (Lipinski definition) is 0. The zero-order valence-electron chi connectivity index (χ0n) is 20.3. The van der Waals surface area contributed by atoms with E-state index in [0.717, 1.165) is 47.3 Å². The van der Waals surface area contributed by atoms with Gasteiger partial charge in [-0.2, -0.15) is 0 Å². The lowest BCUT2D eigenvalue weighted by atomic mass is 10.0. The highest BCUT2D eigenvalue weighted by atomic mass is 35.5. The third kappa shape index (κ3) is 5.71. The summed E-state index contributed by atoms with van der Waals surface area (Å²) in [6.07, 6.45) is 1.28. The quantitative estimate of drug-likeness (QED) is 0.483. The van der Waals surface area contributed by atoms with Crippen LogP contribution in [0.2, 0.25) is 5.02 Å². The SMILES string of the molecule is COc1cccc(Cc2nc3c(c(N4CCOCC4)n2)CN(C(=O)COc2ccc(Cl)cc2)CC3)c1. The first-order valence-corrected chi connectivity index (χ1v) is 12.5. The number of carbonyl (C=O) groups is 1. The molecule has 2 aliphatic rings. The number of hydrogen-bond acceptors (Lipinski definition) is 7. The number of fused-ring (bicyclic) bond motifs is 1. The van der Waals surface area contributed by atoms with Crippen LogP contribution in [0.15, 0.2) is 48.5 Å². The van der Waals surface area contributed by atoms with Crippen molar-refractivity contribution in [3.8, 4) is 11.5 Å². The van der Waals surface area contributed by atoms with Gasteiger partial charge in [-0.05, 0) is 42.0 Å². The van der Waals surface area contributed by atoms with E-state index < -0.39 is 0 Å². The molecule has 0 spiro atoms. The van der Waals surface area contributed by atoms with Gasteiger partial charge in [0.15, 0.2) is 6.61 Å². The third-order valence-corrected chi connectivity index (χ3v) is 6.67. The minimum absolute atomic E-state index is 0.0291. The molecule has 0 radical (unpaired) electrons. The molecule has 1 aromatic heterocycles. The number of ether oxygens (including phenoxy) is 3. The molecule has 3 aromatic rings. The second-order valence-electron chi connectivity index (χ2n) is 8.82. The average molecular weight is 509 g/mol. The fraction of sp³-hybridized carbons (Fsp3) is 0.370. The minimum atomic E-state index is -0.0658.